The maximum Gasteiger partial charge on any atom is 0.257 e. The van der Waals surface area contributed by atoms with Crippen LogP contribution in [0.15, 0.2) is 66.9 Å². The lowest BCUT2D eigenvalue weighted by Crippen LogP contribution is -2.11. The molecule has 0 spiro atoms. The molecule has 0 saturated carbocycles. The first-order chi connectivity index (χ1) is 16.6. The van der Waals surface area contributed by atoms with Gasteiger partial charge in [0.25, 0.3) is 5.91 Å². The second-order valence-corrected chi connectivity index (χ2v) is 8.23. The Labute approximate surface area is 201 Å². The van der Waals surface area contributed by atoms with Crippen molar-refractivity contribution in [3.8, 4) is 44.6 Å². The molecule has 0 aliphatic rings. The lowest BCUT2D eigenvalue weighted by molar-refractivity contribution is 0.102. The summed E-state index contributed by atoms with van der Waals surface area (Å²) in [6.45, 7) is 0. The summed E-state index contributed by atoms with van der Waals surface area (Å²) in [5, 5.41) is 3.36. The van der Waals surface area contributed by atoms with E-state index >= 15 is 0 Å². The number of thiazole rings is 1. The highest BCUT2D eigenvalue weighted by molar-refractivity contribution is 7.19. The highest BCUT2D eigenvalue weighted by Crippen LogP contribution is 2.35. The van der Waals surface area contributed by atoms with Crippen LogP contribution in [0.25, 0.3) is 21.6 Å². The van der Waals surface area contributed by atoms with E-state index in [1.165, 1.54) is 18.4 Å². The van der Waals surface area contributed by atoms with Gasteiger partial charge in [0.15, 0.2) is 28.1 Å². The Morgan fingerprint density at radius 2 is 1.26 bits per heavy atom. The van der Waals surface area contributed by atoms with Gasteiger partial charge in [-0.1, -0.05) is 41.7 Å². The van der Waals surface area contributed by atoms with Gasteiger partial charge in [0.1, 0.15) is 0 Å². The molecule has 34 heavy (non-hydrogen) atoms. The largest absolute Gasteiger partial charge is 0.493 e. The van der Waals surface area contributed by atoms with Gasteiger partial charge in [0.2, 0.25) is 0 Å². The van der Waals surface area contributed by atoms with Gasteiger partial charge in [-0.05, 0) is 47.0 Å². The van der Waals surface area contributed by atoms with Crippen molar-refractivity contribution in [1.82, 2.24) is 4.98 Å². The minimum atomic E-state index is -0.273. The van der Waals surface area contributed by atoms with Crippen LogP contribution in [-0.2, 0) is 0 Å². The van der Waals surface area contributed by atoms with E-state index in [0.717, 1.165) is 21.6 Å². The molecule has 3 aromatic carbocycles. The molecule has 1 amide bonds. The van der Waals surface area contributed by atoms with Crippen molar-refractivity contribution in [3.05, 3.63) is 72.4 Å². The van der Waals surface area contributed by atoms with Crippen LogP contribution < -0.4 is 24.3 Å². The van der Waals surface area contributed by atoms with Gasteiger partial charge in [-0.2, -0.15) is 0 Å². The van der Waals surface area contributed by atoms with Gasteiger partial charge in [-0.3, -0.25) is 10.1 Å². The van der Waals surface area contributed by atoms with Crippen molar-refractivity contribution in [1.29, 1.82) is 0 Å². The number of benzene rings is 3. The average Bonchev–Trinajstić information content (AvgIpc) is 3.36. The molecule has 0 fully saturated rings. The molecule has 0 aliphatic heterocycles. The Kier molecular flexibility index (Phi) is 6.98. The maximum absolute atomic E-state index is 12.7. The van der Waals surface area contributed by atoms with Gasteiger partial charge in [-0.15, -0.1) is 0 Å². The molecule has 1 aromatic heterocycles. The summed E-state index contributed by atoms with van der Waals surface area (Å²) in [6.07, 6.45) is 1.75. The number of rotatable bonds is 8. The van der Waals surface area contributed by atoms with E-state index in [1.54, 1.807) is 45.7 Å². The molecule has 4 aromatic rings. The van der Waals surface area contributed by atoms with Crippen LogP contribution in [0.1, 0.15) is 10.4 Å². The topological polar surface area (TPSA) is 78.9 Å². The third kappa shape index (κ3) is 4.82. The zero-order valence-electron chi connectivity index (χ0n) is 19.2. The lowest BCUT2D eigenvalue weighted by Gasteiger charge is -2.10. The number of hydrogen-bond acceptors (Lipinski definition) is 7. The summed E-state index contributed by atoms with van der Waals surface area (Å²) in [5.41, 5.74) is 3.54. The molecule has 0 atom stereocenters. The molecule has 1 heterocycles. The Hall–Kier alpha value is -4.04. The van der Waals surface area contributed by atoms with Gasteiger partial charge < -0.3 is 18.9 Å². The minimum Gasteiger partial charge on any atom is -0.493 e. The molecule has 1 N–H and O–H groups in total. The third-order valence-electron chi connectivity index (χ3n) is 5.26. The molecular formula is C26H24N2O5S. The molecule has 0 saturated heterocycles. The Morgan fingerprint density at radius 3 is 1.91 bits per heavy atom. The minimum absolute atomic E-state index is 0.273. The quantitative estimate of drug-likeness (QED) is 0.348. The van der Waals surface area contributed by atoms with Gasteiger partial charge in [0, 0.05) is 11.8 Å². The van der Waals surface area contributed by atoms with Crippen molar-refractivity contribution >= 4 is 22.4 Å². The molecule has 174 valence electrons. The maximum atomic E-state index is 12.7. The number of anilines is 1. The number of nitrogens with zero attached hydrogens (tertiary/aromatic N) is 1. The Balaban J connectivity index is 1.48. The summed E-state index contributed by atoms with van der Waals surface area (Å²) in [6, 6.07) is 19.0. The number of aromatic nitrogens is 1. The van der Waals surface area contributed by atoms with E-state index in [1.807, 2.05) is 42.5 Å². The predicted molar refractivity (Wildman–Crippen MR) is 134 cm³/mol. The number of carbonyl (C=O) groups is 1. The monoisotopic (exact) mass is 476 g/mol. The van der Waals surface area contributed by atoms with Crippen LogP contribution in [0.5, 0.6) is 23.0 Å². The van der Waals surface area contributed by atoms with Crippen LogP contribution in [0.3, 0.4) is 0 Å². The van der Waals surface area contributed by atoms with E-state index in [-0.39, 0.29) is 5.91 Å². The highest BCUT2D eigenvalue weighted by Gasteiger charge is 2.14. The van der Waals surface area contributed by atoms with Crippen molar-refractivity contribution in [3.63, 3.8) is 0 Å². The van der Waals surface area contributed by atoms with Crippen LogP contribution >= 0.6 is 11.3 Å². The number of nitrogens with one attached hydrogen (secondary N) is 1. The molecule has 7 nitrogen and oxygen atoms in total. The van der Waals surface area contributed by atoms with Crippen LogP contribution in [-0.4, -0.2) is 39.3 Å². The van der Waals surface area contributed by atoms with Crippen LogP contribution in [0.4, 0.5) is 5.13 Å². The fraction of sp³-hybridized carbons (Fsp3) is 0.154. The molecule has 0 aliphatic carbocycles. The van der Waals surface area contributed by atoms with Crippen molar-refractivity contribution in [2.24, 2.45) is 0 Å². The lowest BCUT2D eigenvalue weighted by atomic mass is 10.0. The van der Waals surface area contributed by atoms with E-state index in [9.17, 15) is 4.79 Å². The number of amides is 1. The van der Waals surface area contributed by atoms with Gasteiger partial charge in [-0.25, -0.2) is 4.98 Å². The Morgan fingerprint density at radius 1 is 0.706 bits per heavy atom. The molecule has 0 unspecified atom stereocenters. The smallest absolute Gasteiger partial charge is 0.257 e. The first-order valence-corrected chi connectivity index (χ1v) is 11.2. The first-order valence-electron chi connectivity index (χ1n) is 10.4. The summed E-state index contributed by atoms with van der Waals surface area (Å²) < 4.78 is 21.2. The standard InChI is InChI=1S/C26H24N2O5S/c1-30-20-11-9-18(13-22(20)32-3)16-5-7-17(8-6-16)24-15-27-26(34-24)28-25(29)19-10-12-21(31-2)23(14-19)33-4/h5-15H,1-4H3,(H,27,28,29). The summed E-state index contributed by atoms with van der Waals surface area (Å²) in [4.78, 5) is 18.0. The highest BCUT2D eigenvalue weighted by atomic mass is 32.1. The summed E-state index contributed by atoms with van der Waals surface area (Å²) in [7, 11) is 6.32. The SMILES string of the molecule is COc1ccc(C(=O)Nc2ncc(-c3ccc(-c4ccc(OC)c(OC)c4)cc3)s2)cc1OC. The van der Waals surface area contributed by atoms with Gasteiger partial charge in [0.05, 0.1) is 33.3 Å². The first kappa shape index (κ1) is 23.1. The average molecular weight is 477 g/mol. The van der Waals surface area contributed by atoms with Crippen molar-refractivity contribution < 1.29 is 23.7 Å². The van der Waals surface area contributed by atoms with E-state index in [4.69, 9.17) is 18.9 Å². The fourth-order valence-corrected chi connectivity index (χ4v) is 4.27. The predicted octanol–water partition coefficient (Wildman–Crippen LogP) is 5.76. The van der Waals surface area contributed by atoms with E-state index in [2.05, 4.69) is 10.3 Å². The van der Waals surface area contributed by atoms with Crippen LogP contribution in [0, 0.1) is 0 Å². The summed E-state index contributed by atoms with van der Waals surface area (Å²) >= 11 is 1.40. The number of methoxy groups -OCH3 is 4. The number of hydrogen-bond donors (Lipinski definition) is 1. The third-order valence-corrected chi connectivity index (χ3v) is 6.22. The Bertz CT molecular complexity index is 1300. The van der Waals surface area contributed by atoms with Crippen molar-refractivity contribution in [2.75, 3.05) is 33.8 Å². The number of ether oxygens (including phenoxy) is 4. The molecule has 0 radical (unpaired) electrons. The van der Waals surface area contributed by atoms with Gasteiger partial charge >= 0.3 is 0 Å². The van der Waals surface area contributed by atoms with Crippen molar-refractivity contribution in [2.45, 2.75) is 0 Å². The second-order valence-electron chi connectivity index (χ2n) is 7.20. The molecule has 4 rings (SSSR count). The van der Waals surface area contributed by atoms with E-state index in [0.29, 0.717) is 33.7 Å². The zero-order chi connectivity index (χ0) is 24.1. The normalized spacial score (nSPS) is 10.5. The van der Waals surface area contributed by atoms with Crippen LogP contribution in [0.2, 0.25) is 0 Å². The summed E-state index contributed by atoms with van der Waals surface area (Å²) in [5.74, 6) is 2.15. The molecule has 8 heteroatoms. The zero-order valence-corrected chi connectivity index (χ0v) is 20.1. The number of carbonyl (C=O) groups excluding carboxylic acids is 1. The second kappa shape index (κ2) is 10.3. The molecule has 0 bridgehead atoms. The van der Waals surface area contributed by atoms with E-state index < -0.39 is 0 Å². The molecular weight excluding hydrogens is 452 g/mol. The fourth-order valence-electron chi connectivity index (χ4n) is 3.45.